The van der Waals surface area contributed by atoms with Crippen molar-refractivity contribution < 1.29 is 0 Å². The van der Waals surface area contributed by atoms with Crippen molar-refractivity contribution in [2.24, 2.45) is 0 Å². The molecule has 0 spiro atoms. The van der Waals surface area contributed by atoms with Crippen LogP contribution in [-0.4, -0.2) is 9.97 Å². The first kappa shape index (κ1) is 8.19. The Morgan fingerprint density at radius 2 is 2.15 bits per heavy atom. The van der Waals surface area contributed by atoms with Crippen LogP contribution in [0.1, 0.15) is 4.88 Å². The average Bonchev–Trinajstić information content (AvgIpc) is 2.69. The molecule has 0 aromatic carbocycles. The van der Waals surface area contributed by atoms with Crippen LogP contribution in [0, 0.1) is 0 Å². The summed E-state index contributed by atoms with van der Waals surface area (Å²) in [7, 11) is 0. The number of nitrogens with zero attached hydrogens (tertiary/aromatic N) is 2. The van der Waals surface area contributed by atoms with Crippen LogP contribution >= 0.6 is 11.3 Å². The highest BCUT2D eigenvalue weighted by Crippen LogP contribution is 2.10. The van der Waals surface area contributed by atoms with Gasteiger partial charge in [-0.15, -0.1) is 11.3 Å². The Balaban J connectivity index is 1.94. The molecule has 0 saturated heterocycles. The molecule has 2 rings (SSSR count). The van der Waals surface area contributed by atoms with Gasteiger partial charge in [0.15, 0.2) is 0 Å². The minimum Gasteiger partial charge on any atom is -0.378 e. The first-order valence-electron chi connectivity index (χ1n) is 3.96. The monoisotopic (exact) mass is 191 g/mol. The molecule has 2 aromatic rings. The van der Waals surface area contributed by atoms with Crippen molar-refractivity contribution in [3.63, 3.8) is 0 Å². The summed E-state index contributed by atoms with van der Waals surface area (Å²) in [4.78, 5) is 9.14. The second-order valence-electron chi connectivity index (χ2n) is 2.56. The van der Waals surface area contributed by atoms with Gasteiger partial charge < -0.3 is 5.32 Å². The zero-order valence-corrected chi connectivity index (χ0v) is 7.79. The molecule has 1 N–H and O–H groups in total. The highest BCUT2D eigenvalue weighted by molar-refractivity contribution is 7.09. The van der Waals surface area contributed by atoms with Crippen LogP contribution in [-0.2, 0) is 6.54 Å². The molecule has 0 aliphatic rings. The molecule has 0 aliphatic carbocycles. The van der Waals surface area contributed by atoms with Crippen LogP contribution < -0.4 is 5.32 Å². The summed E-state index contributed by atoms with van der Waals surface area (Å²) in [5.41, 5.74) is 0.955. The van der Waals surface area contributed by atoms with E-state index < -0.39 is 0 Å². The lowest BCUT2D eigenvalue weighted by molar-refractivity contribution is 1.12. The Morgan fingerprint density at radius 3 is 2.85 bits per heavy atom. The summed E-state index contributed by atoms with van der Waals surface area (Å²) >= 11 is 1.74. The number of aromatic nitrogens is 2. The van der Waals surface area contributed by atoms with Crippen LogP contribution in [0.25, 0.3) is 0 Å². The highest BCUT2D eigenvalue weighted by Gasteiger charge is 1.93. The van der Waals surface area contributed by atoms with Gasteiger partial charge in [-0.05, 0) is 11.4 Å². The number of nitrogens with one attached hydrogen (secondary N) is 1. The zero-order chi connectivity index (χ0) is 8.93. The summed E-state index contributed by atoms with van der Waals surface area (Å²) in [6.45, 7) is 0.838. The van der Waals surface area contributed by atoms with E-state index in [0.29, 0.717) is 0 Å². The lowest BCUT2D eigenvalue weighted by Gasteiger charge is -2.01. The molecular weight excluding hydrogens is 182 g/mol. The third-order valence-electron chi connectivity index (χ3n) is 1.61. The van der Waals surface area contributed by atoms with E-state index in [9.17, 15) is 0 Å². The van der Waals surface area contributed by atoms with E-state index in [1.807, 2.05) is 6.07 Å². The lowest BCUT2D eigenvalue weighted by atomic mass is 10.4. The molecule has 3 nitrogen and oxygen atoms in total. The van der Waals surface area contributed by atoms with Gasteiger partial charge in [0.05, 0.1) is 18.1 Å². The number of anilines is 1. The molecule has 0 aliphatic heterocycles. The van der Waals surface area contributed by atoms with Gasteiger partial charge >= 0.3 is 0 Å². The average molecular weight is 191 g/mol. The Kier molecular flexibility index (Phi) is 2.52. The van der Waals surface area contributed by atoms with Crippen molar-refractivity contribution in [1.82, 2.24) is 9.97 Å². The molecule has 66 valence electrons. The van der Waals surface area contributed by atoms with Gasteiger partial charge in [0.1, 0.15) is 6.33 Å². The Labute approximate surface area is 80.5 Å². The van der Waals surface area contributed by atoms with Gasteiger partial charge in [0.25, 0.3) is 0 Å². The fourth-order valence-corrected chi connectivity index (χ4v) is 1.64. The van der Waals surface area contributed by atoms with Gasteiger partial charge in [-0.25, -0.2) is 9.97 Å². The fourth-order valence-electron chi connectivity index (χ4n) is 0.993. The molecule has 4 heteroatoms. The molecule has 0 saturated carbocycles. The molecule has 0 unspecified atom stereocenters. The van der Waals surface area contributed by atoms with Crippen LogP contribution in [0.3, 0.4) is 0 Å². The van der Waals surface area contributed by atoms with Crippen molar-refractivity contribution in [3.05, 3.63) is 41.1 Å². The van der Waals surface area contributed by atoms with E-state index >= 15 is 0 Å². The fraction of sp³-hybridized carbons (Fsp3) is 0.111. The number of hydrogen-bond donors (Lipinski definition) is 1. The maximum atomic E-state index is 3.91. The minimum absolute atomic E-state index is 0.838. The van der Waals surface area contributed by atoms with Gasteiger partial charge in [-0.1, -0.05) is 6.07 Å². The van der Waals surface area contributed by atoms with Crippen molar-refractivity contribution in [3.8, 4) is 0 Å². The first-order valence-corrected chi connectivity index (χ1v) is 4.84. The third kappa shape index (κ3) is 2.26. The van der Waals surface area contributed by atoms with E-state index in [4.69, 9.17) is 0 Å². The number of hydrogen-bond acceptors (Lipinski definition) is 4. The molecule has 0 radical (unpaired) electrons. The molecule has 0 atom stereocenters. The maximum absolute atomic E-state index is 3.91. The van der Waals surface area contributed by atoms with Crippen LogP contribution in [0.5, 0.6) is 0 Å². The Morgan fingerprint density at radius 1 is 1.31 bits per heavy atom. The number of thiophene rings is 1. The summed E-state index contributed by atoms with van der Waals surface area (Å²) < 4.78 is 0. The molecule has 13 heavy (non-hydrogen) atoms. The largest absolute Gasteiger partial charge is 0.378 e. The molecular formula is C9H9N3S. The summed E-state index contributed by atoms with van der Waals surface area (Å²) in [6.07, 6.45) is 5.05. The Bertz CT molecular complexity index is 344. The predicted molar refractivity (Wildman–Crippen MR) is 53.7 cm³/mol. The molecule has 0 amide bonds. The van der Waals surface area contributed by atoms with Crippen molar-refractivity contribution in [2.45, 2.75) is 6.54 Å². The normalized spacial score (nSPS) is 9.85. The summed E-state index contributed by atoms with van der Waals surface area (Å²) in [5, 5.41) is 5.30. The van der Waals surface area contributed by atoms with Gasteiger partial charge in [-0.2, -0.15) is 0 Å². The standard InChI is InChI=1S/C9H9N3S/c1-2-9(13-3-1)6-12-8-4-10-7-11-5-8/h1-5,7,12H,6H2. The van der Waals surface area contributed by atoms with Crippen LogP contribution in [0.15, 0.2) is 36.2 Å². The van der Waals surface area contributed by atoms with Crippen molar-refractivity contribution >= 4 is 17.0 Å². The summed E-state index contributed by atoms with van der Waals surface area (Å²) in [6, 6.07) is 4.14. The van der Waals surface area contributed by atoms with Gasteiger partial charge in [0.2, 0.25) is 0 Å². The minimum atomic E-state index is 0.838. The zero-order valence-electron chi connectivity index (χ0n) is 6.97. The summed E-state index contributed by atoms with van der Waals surface area (Å²) in [5.74, 6) is 0. The Hall–Kier alpha value is -1.42. The first-order chi connectivity index (χ1) is 6.45. The van der Waals surface area contributed by atoms with E-state index in [-0.39, 0.29) is 0 Å². The maximum Gasteiger partial charge on any atom is 0.115 e. The topological polar surface area (TPSA) is 37.8 Å². The van der Waals surface area contributed by atoms with Crippen molar-refractivity contribution in [1.29, 1.82) is 0 Å². The molecule has 2 heterocycles. The second kappa shape index (κ2) is 4.00. The van der Waals surface area contributed by atoms with Crippen LogP contribution in [0.4, 0.5) is 5.69 Å². The van der Waals surface area contributed by atoms with E-state index in [2.05, 4.69) is 26.7 Å². The highest BCUT2D eigenvalue weighted by atomic mass is 32.1. The lowest BCUT2D eigenvalue weighted by Crippen LogP contribution is -1.97. The smallest absolute Gasteiger partial charge is 0.115 e. The van der Waals surface area contributed by atoms with E-state index in [0.717, 1.165) is 12.2 Å². The SMILES string of the molecule is c1csc(CNc2cncnc2)c1. The van der Waals surface area contributed by atoms with Crippen molar-refractivity contribution in [2.75, 3.05) is 5.32 Å². The molecule has 0 bridgehead atoms. The van der Waals surface area contributed by atoms with E-state index in [1.54, 1.807) is 23.7 Å². The molecule has 0 fully saturated rings. The van der Waals surface area contributed by atoms with Gasteiger partial charge in [-0.3, -0.25) is 0 Å². The predicted octanol–water partition coefficient (Wildman–Crippen LogP) is 2.15. The second-order valence-corrected chi connectivity index (χ2v) is 3.59. The number of rotatable bonds is 3. The van der Waals surface area contributed by atoms with Crippen LogP contribution in [0.2, 0.25) is 0 Å². The van der Waals surface area contributed by atoms with Gasteiger partial charge in [0, 0.05) is 11.4 Å². The van der Waals surface area contributed by atoms with E-state index in [1.165, 1.54) is 11.2 Å². The third-order valence-corrected chi connectivity index (χ3v) is 2.48. The quantitative estimate of drug-likeness (QED) is 0.807. The molecule has 2 aromatic heterocycles.